The topological polar surface area (TPSA) is 54.5 Å². The third-order valence-corrected chi connectivity index (χ3v) is 7.30. The molecule has 156 valence electrons. The molecule has 2 aromatic carbocycles. The first-order valence-electron chi connectivity index (χ1n) is 8.57. The quantitative estimate of drug-likeness (QED) is 0.607. The van der Waals surface area contributed by atoms with Crippen LogP contribution < -0.4 is 4.90 Å². The Morgan fingerprint density at radius 3 is 2.52 bits per heavy atom. The van der Waals surface area contributed by atoms with E-state index in [4.69, 9.17) is 11.6 Å². The highest BCUT2D eigenvalue weighted by atomic mass is 35.5. The summed E-state index contributed by atoms with van der Waals surface area (Å²) in [7, 11) is -3.68. The van der Waals surface area contributed by atoms with Crippen LogP contribution in [0.5, 0.6) is 0 Å². The first kappa shape index (κ1) is 22.0. The third-order valence-electron chi connectivity index (χ3n) is 4.49. The lowest BCUT2D eigenvalue weighted by atomic mass is 10.1. The van der Waals surface area contributed by atoms with E-state index in [1.807, 2.05) is 6.92 Å². The lowest BCUT2D eigenvalue weighted by molar-refractivity contribution is -0.137. The number of rotatable bonds is 2. The molecule has 29 heavy (non-hydrogen) atoms. The molecule has 0 aromatic heterocycles. The number of anilines is 1. The predicted octanol–water partition coefficient (Wildman–Crippen LogP) is 5.29. The van der Waals surface area contributed by atoms with Gasteiger partial charge in [-0.2, -0.15) is 13.2 Å². The van der Waals surface area contributed by atoms with Crippen molar-refractivity contribution in [1.29, 1.82) is 0 Å². The molecular formula is C19H17ClF3NO3S2. The molecule has 1 aliphatic rings. The second kappa shape index (κ2) is 7.85. The summed E-state index contributed by atoms with van der Waals surface area (Å²) < 4.78 is 63.5. The van der Waals surface area contributed by atoms with Crippen LogP contribution in [0.1, 0.15) is 29.3 Å². The molecule has 0 bridgehead atoms. The lowest BCUT2D eigenvalue weighted by Crippen LogP contribution is -2.32. The fourth-order valence-corrected chi connectivity index (χ4v) is 5.39. The van der Waals surface area contributed by atoms with Crippen molar-refractivity contribution in [2.45, 2.75) is 34.6 Å². The van der Waals surface area contributed by atoms with Gasteiger partial charge in [0.2, 0.25) is 0 Å². The number of thioether (sulfide) groups is 1. The molecule has 0 aliphatic carbocycles. The van der Waals surface area contributed by atoms with E-state index in [0.29, 0.717) is 11.3 Å². The van der Waals surface area contributed by atoms with Crippen molar-refractivity contribution in [2.24, 2.45) is 0 Å². The van der Waals surface area contributed by atoms with E-state index in [0.717, 1.165) is 24.5 Å². The van der Waals surface area contributed by atoms with Gasteiger partial charge < -0.3 is 4.90 Å². The SMILES string of the molecule is CC1CCN(C(=O)c2ccc(Cl)c(S(C)(=O)=O)c2)c2cc(C(F)(F)F)ccc2S1. The number of carbonyl (C=O) groups excluding carboxylic acids is 1. The molecule has 0 radical (unpaired) electrons. The smallest absolute Gasteiger partial charge is 0.307 e. The Labute approximate surface area is 176 Å². The monoisotopic (exact) mass is 463 g/mol. The average molecular weight is 464 g/mol. The van der Waals surface area contributed by atoms with Gasteiger partial charge in [0.05, 0.1) is 21.2 Å². The predicted molar refractivity (Wildman–Crippen MR) is 108 cm³/mol. The number of hydrogen-bond donors (Lipinski definition) is 0. The molecule has 1 atom stereocenters. The van der Waals surface area contributed by atoms with Crippen LogP contribution in [0.2, 0.25) is 5.02 Å². The molecule has 10 heteroatoms. The molecule has 2 aromatic rings. The van der Waals surface area contributed by atoms with Gasteiger partial charge in [-0.15, -0.1) is 11.8 Å². The molecule has 1 heterocycles. The molecule has 4 nitrogen and oxygen atoms in total. The largest absolute Gasteiger partial charge is 0.416 e. The summed E-state index contributed by atoms with van der Waals surface area (Å²) in [5.41, 5.74) is -0.648. The minimum absolute atomic E-state index is 0.0242. The minimum Gasteiger partial charge on any atom is -0.307 e. The van der Waals surface area contributed by atoms with Gasteiger partial charge in [-0.05, 0) is 42.8 Å². The molecule has 0 saturated heterocycles. The van der Waals surface area contributed by atoms with E-state index < -0.39 is 27.5 Å². The van der Waals surface area contributed by atoms with Crippen LogP contribution >= 0.6 is 23.4 Å². The second-order valence-electron chi connectivity index (χ2n) is 6.77. The average Bonchev–Trinajstić information content (AvgIpc) is 2.77. The summed E-state index contributed by atoms with van der Waals surface area (Å²) >= 11 is 7.34. The number of benzene rings is 2. The van der Waals surface area contributed by atoms with Gasteiger partial charge >= 0.3 is 6.18 Å². The molecular weight excluding hydrogens is 447 g/mol. The summed E-state index contributed by atoms with van der Waals surface area (Å²) in [4.78, 5) is 14.8. The van der Waals surface area contributed by atoms with E-state index in [9.17, 15) is 26.4 Å². The van der Waals surface area contributed by atoms with Crippen molar-refractivity contribution in [3.63, 3.8) is 0 Å². The maximum atomic E-state index is 13.2. The second-order valence-corrected chi connectivity index (χ2v) is 10.6. The number of amides is 1. The first-order chi connectivity index (χ1) is 13.4. The molecule has 0 spiro atoms. The van der Waals surface area contributed by atoms with Gasteiger partial charge in [0.1, 0.15) is 0 Å². The molecule has 0 saturated carbocycles. The van der Waals surface area contributed by atoms with E-state index in [1.54, 1.807) is 0 Å². The highest BCUT2D eigenvalue weighted by Gasteiger charge is 2.34. The maximum absolute atomic E-state index is 13.2. The summed E-state index contributed by atoms with van der Waals surface area (Å²) in [5, 5.41) is 0.0731. The van der Waals surface area contributed by atoms with Gasteiger partial charge in [0, 0.05) is 28.5 Å². The number of carbonyl (C=O) groups is 1. The van der Waals surface area contributed by atoms with Crippen molar-refractivity contribution >= 4 is 44.8 Å². The van der Waals surface area contributed by atoms with E-state index in [-0.39, 0.29) is 33.0 Å². The van der Waals surface area contributed by atoms with Crippen molar-refractivity contribution in [1.82, 2.24) is 0 Å². The zero-order valence-electron chi connectivity index (χ0n) is 15.5. The zero-order valence-corrected chi connectivity index (χ0v) is 17.8. The highest BCUT2D eigenvalue weighted by molar-refractivity contribution is 8.00. The van der Waals surface area contributed by atoms with Crippen molar-refractivity contribution in [3.05, 3.63) is 52.5 Å². The van der Waals surface area contributed by atoms with E-state index in [1.165, 1.54) is 34.9 Å². The fraction of sp³-hybridized carbons (Fsp3) is 0.316. The normalized spacial score (nSPS) is 17.6. The van der Waals surface area contributed by atoms with Crippen LogP contribution in [0.15, 0.2) is 46.2 Å². The van der Waals surface area contributed by atoms with E-state index in [2.05, 4.69) is 0 Å². The number of hydrogen-bond acceptors (Lipinski definition) is 4. The van der Waals surface area contributed by atoms with Crippen LogP contribution in [0, 0.1) is 0 Å². The Morgan fingerprint density at radius 1 is 1.21 bits per heavy atom. The summed E-state index contributed by atoms with van der Waals surface area (Å²) in [5.74, 6) is -0.582. The number of fused-ring (bicyclic) bond motifs is 1. The number of nitrogens with zero attached hydrogens (tertiary/aromatic N) is 1. The highest BCUT2D eigenvalue weighted by Crippen LogP contribution is 2.41. The minimum atomic E-state index is -4.55. The fourth-order valence-electron chi connectivity index (χ4n) is 3.00. The van der Waals surface area contributed by atoms with Crippen LogP contribution in [0.25, 0.3) is 0 Å². The van der Waals surface area contributed by atoms with Gasteiger partial charge in [0.25, 0.3) is 5.91 Å². The van der Waals surface area contributed by atoms with Gasteiger partial charge in [-0.25, -0.2) is 8.42 Å². The van der Waals surface area contributed by atoms with Crippen molar-refractivity contribution < 1.29 is 26.4 Å². The molecule has 1 amide bonds. The molecule has 1 aliphatic heterocycles. The van der Waals surface area contributed by atoms with Gasteiger partial charge in [-0.3, -0.25) is 4.79 Å². The standard InChI is InChI=1S/C19H17ClF3NO3S2/c1-11-7-8-24(15-10-13(19(21,22)23)4-6-16(15)28-11)18(25)12-3-5-14(20)17(9-12)29(2,26)27/h3-6,9-11H,7-8H2,1-2H3. The van der Waals surface area contributed by atoms with Crippen molar-refractivity contribution in [3.8, 4) is 0 Å². The Bertz CT molecular complexity index is 1070. The zero-order chi connectivity index (χ0) is 21.6. The van der Waals surface area contributed by atoms with Crippen LogP contribution in [-0.2, 0) is 16.0 Å². The van der Waals surface area contributed by atoms with Gasteiger partial charge in [0.15, 0.2) is 9.84 Å². The molecule has 0 fully saturated rings. The molecule has 1 unspecified atom stereocenters. The summed E-state index contributed by atoms with van der Waals surface area (Å²) in [6.45, 7) is 2.14. The maximum Gasteiger partial charge on any atom is 0.416 e. The number of sulfone groups is 1. The Balaban J connectivity index is 2.11. The molecule has 3 rings (SSSR count). The Morgan fingerprint density at radius 2 is 1.90 bits per heavy atom. The number of halogens is 4. The number of alkyl halides is 3. The van der Waals surface area contributed by atoms with Crippen LogP contribution in [0.3, 0.4) is 0 Å². The Hall–Kier alpha value is -1.71. The Kier molecular flexibility index (Phi) is 5.95. The molecule has 0 N–H and O–H groups in total. The summed E-state index contributed by atoms with van der Waals surface area (Å²) in [6.07, 6.45) is -3.01. The lowest BCUT2D eigenvalue weighted by Gasteiger charge is -2.24. The van der Waals surface area contributed by atoms with Gasteiger partial charge in [-0.1, -0.05) is 18.5 Å². The third kappa shape index (κ3) is 4.73. The van der Waals surface area contributed by atoms with Crippen molar-refractivity contribution in [2.75, 3.05) is 17.7 Å². The van der Waals surface area contributed by atoms with Crippen LogP contribution in [0.4, 0.5) is 18.9 Å². The first-order valence-corrected chi connectivity index (χ1v) is 11.7. The van der Waals surface area contributed by atoms with Crippen LogP contribution in [-0.4, -0.2) is 32.4 Å². The van der Waals surface area contributed by atoms with E-state index >= 15 is 0 Å². The summed E-state index contributed by atoms with van der Waals surface area (Å²) in [6, 6.07) is 7.16.